The zero-order valence-corrected chi connectivity index (χ0v) is 7.40. The second kappa shape index (κ2) is 3.45. The lowest BCUT2D eigenvalue weighted by molar-refractivity contribution is 0.386. The van der Waals surface area contributed by atoms with Gasteiger partial charge in [0, 0.05) is 5.56 Å². The molecule has 0 amide bonds. The van der Waals surface area contributed by atoms with Gasteiger partial charge in [0.25, 0.3) is 0 Å². The molecule has 1 heterocycles. The van der Waals surface area contributed by atoms with Crippen LogP contribution in [0.15, 0.2) is 29.0 Å². The molecule has 1 aromatic carbocycles. The number of nitrogens with zero attached hydrogens (tertiary/aromatic N) is 2. The highest BCUT2D eigenvalue weighted by Crippen LogP contribution is 2.23. The molecule has 0 radical (unpaired) electrons. The Bertz CT molecular complexity index is 428. The molecule has 0 fully saturated rings. The van der Waals surface area contributed by atoms with Gasteiger partial charge in [0.2, 0.25) is 12.3 Å². The second-order valence-electron chi connectivity index (χ2n) is 2.59. The van der Waals surface area contributed by atoms with Crippen LogP contribution in [0.25, 0.3) is 11.5 Å². The van der Waals surface area contributed by atoms with Crippen molar-refractivity contribution in [1.29, 1.82) is 0 Å². The Morgan fingerprint density at radius 3 is 2.86 bits per heavy atom. The highest BCUT2D eigenvalue weighted by atomic mass is 19.1. The van der Waals surface area contributed by atoms with Crippen molar-refractivity contribution in [3.05, 3.63) is 30.4 Å². The predicted octanol–water partition coefficient (Wildman–Crippen LogP) is 1.88. The van der Waals surface area contributed by atoms with E-state index in [1.54, 1.807) is 6.07 Å². The monoisotopic (exact) mass is 194 g/mol. The lowest BCUT2D eigenvalue weighted by Gasteiger charge is -2.01. The SMILES string of the molecule is COc1ccc(-c2nnco2)cc1F. The highest BCUT2D eigenvalue weighted by molar-refractivity contribution is 5.54. The van der Waals surface area contributed by atoms with Gasteiger partial charge in [0.05, 0.1) is 7.11 Å². The van der Waals surface area contributed by atoms with Gasteiger partial charge in [-0.15, -0.1) is 10.2 Å². The van der Waals surface area contributed by atoms with Crippen LogP contribution >= 0.6 is 0 Å². The van der Waals surface area contributed by atoms with Gasteiger partial charge in [-0.2, -0.15) is 0 Å². The Balaban J connectivity index is 2.43. The zero-order valence-electron chi connectivity index (χ0n) is 7.40. The maximum atomic E-state index is 13.2. The maximum absolute atomic E-state index is 13.2. The minimum atomic E-state index is -0.455. The Morgan fingerprint density at radius 2 is 2.29 bits per heavy atom. The van der Waals surface area contributed by atoms with Gasteiger partial charge in [0.15, 0.2) is 11.6 Å². The number of ether oxygens (including phenoxy) is 1. The Hall–Kier alpha value is -1.91. The molecule has 4 nitrogen and oxygen atoms in total. The second-order valence-corrected chi connectivity index (χ2v) is 2.59. The van der Waals surface area contributed by atoms with E-state index in [1.165, 1.54) is 25.6 Å². The first-order valence-electron chi connectivity index (χ1n) is 3.91. The van der Waals surface area contributed by atoms with Crippen molar-refractivity contribution in [2.24, 2.45) is 0 Å². The number of methoxy groups -OCH3 is 1. The molecule has 5 heteroatoms. The maximum Gasteiger partial charge on any atom is 0.247 e. The molecule has 0 aliphatic rings. The molecular formula is C9H7FN2O2. The van der Waals surface area contributed by atoms with Crippen LogP contribution in [0.3, 0.4) is 0 Å². The molecule has 0 saturated carbocycles. The van der Waals surface area contributed by atoms with Crippen LogP contribution in [-0.2, 0) is 0 Å². The third kappa shape index (κ3) is 1.44. The molecule has 0 saturated heterocycles. The van der Waals surface area contributed by atoms with Crippen molar-refractivity contribution >= 4 is 0 Å². The smallest absolute Gasteiger partial charge is 0.247 e. The summed E-state index contributed by atoms with van der Waals surface area (Å²) in [6.45, 7) is 0. The van der Waals surface area contributed by atoms with Crippen molar-refractivity contribution in [3.63, 3.8) is 0 Å². The number of hydrogen-bond acceptors (Lipinski definition) is 4. The molecule has 0 atom stereocenters. The summed E-state index contributed by atoms with van der Waals surface area (Å²) in [5, 5.41) is 7.16. The van der Waals surface area contributed by atoms with Gasteiger partial charge < -0.3 is 9.15 Å². The fourth-order valence-corrected chi connectivity index (χ4v) is 1.10. The molecule has 2 aromatic rings. The molecule has 0 aliphatic heterocycles. The molecule has 0 unspecified atom stereocenters. The number of hydrogen-bond donors (Lipinski definition) is 0. The highest BCUT2D eigenvalue weighted by Gasteiger charge is 2.08. The van der Waals surface area contributed by atoms with Crippen LogP contribution in [0.1, 0.15) is 0 Å². The molecule has 14 heavy (non-hydrogen) atoms. The van der Waals surface area contributed by atoms with E-state index in [-0.39, 0.29) is 11.6 Å². The van der Waals surface area contributed by atoms with Crippen molar-refractivity contribution in [2.75, 3.05) is 7.11 Å². The Kier molecular flexibility index (Phi) is 2.14. The van der Waals surface area contributed by atoms with Gasteiger partial charge in [-0.1, -0.05) is 0 Å². The first-order chi connectivity index (χ1) is 6.81. The van der Waals surface area contributed by atoms with Crippen molar-refractivity contribution in [2.45, 2.75) is 0 Å². The molecule has 0 aliphatic carbocycles. The van der Waals surface area contributed by atoms with Gasteiger partial charge in [-0.25, -0.2) is 4.39 Å². The number of rotatable bonds is 2. The summed E-state index contributed by atoms with van der Waals surface area (Å²) in [5.74, 6) is 0.0167. The van der Waals surface area contributed by atoms with Gasteiger partial charge in [-0.3, -0.25) is 0 Å². The number of halogens is 1. The first kappa shape index (κ1) is 8.68. The quantitative estimate of drug-likeness (QED) is 0.732. The van der Waals surface area contributed by atoms with Crippen LogP contribution in [0.2, 0.25) is 0 Å². The van der Waals surface area contributed by atoms with E-state index in [0.717, 1.165) is 0 Å². The minimum absolute atomic E-state index is 0.188. The van der Waals surface area contributed by atoms with Crippen molar-refractivity contribution in [1.82, 2.24) is 10.2 Å². The molecule has 0 bridgehead atoms. The summed E-state index contributed by atoms with van der Waals surface area (Å²) in [4.78, 5) is 0. The fraction of sp³-hybridized carbons (Fsp3) is 0.111. The van der Waals surface area contributed by atoms with Crippen LogP contribution < -0.4 is 4.74 Å². The summed E-state index contributed by atoms with van der Waals surface area (Å²) < 4.78 is 22.9. The summed E-state index contributed by atoms with van der Waals surface area (Å²) in [5.41, 5.74) is 0.529. The molecule has 0 spiro atoms. The van der Waals surface area contributed by atoms with Crippen LogP contribution in [-0.4, -0.2) is 17.3 Å². The van der Waals surface area contributed by atoms with E-state index < -0.39 is 5.82 Å². The van der Waals surface area contributed by atoms with E-state index in [4.69, 9.17) is 9.15 Å². The lowest BCUT2D eigenvalue weighted by Crippen LogP contribution is -1.88. The average molecular weight is 194 g/mol. The molecule has 0 N–H and O–H groups in total. The molecule has 2 rings (SSSR count). The van der Waals surface area contributed by atoms with Crippen molar-refractivity contribution in [3.8, 4) is 17.2 Å². The topological polar surface area (TPSA) is 48.2 Å². The third-order valence-corrected chi connectivity index (χ3v) is 1.76. The Labute approximate surface area is 79.3 Å². The first-order valence-corrected chi connectivity index (χ1v) is 3.91. The van der Waals surface area contributed by atoms with Gasteiger partial charge >= 0.3 is 0 Å². The Morgan fingerprint density at radius 1 is 1.43 bits per heavy atom. The lowest BCUT2D eigenvalue weighted by atomic mass is 10.2. The van der Waals surface area contributed by atoms with Gasteiger partial charge in [0.1, 0.15) is 0 Å². The normalized spacial score (nSPS) is 10.1. The van der Waals surface area contributed by atoms with E-state index in [2.05, 4.69) is 10.2 Å². The van der Waals surface area contributed by atoms with E-state index in [0.29, 0.717) is 5.56 Å². The number of aromatic nitrogens is 2. The fourth-order valence-electron chi connectivity index (χ4n) is 1.10. The average Bonchev–Trinajstić information content (AvgIpc) is 2.70. The van der Waals surface area contributed by atoms with Crippen molar-refractivity contribution < 1.29 is 13.5 Å². The third-order valence-electron chi connectivity index (χ3n) is 1.76. The largest absolute Gasteiger partial charge is 0.494 e. The summed E-state index contributed by atoms with van der Waals surface area (Å²) in [6.07, 6.45) is 1.19. The summed E-state index contributed by atoms with van der Waals surface area (Å²) in [6, 6.07) is 4.44. The predicted molar refractivity (Wildman–Crippen MR) is 46.2 cm³/mol. The van der Waals surface area contributed by atoms with Crippen LogP contribution in [0, 0.1) is 5.82 Å². The zero-order chi connectivity index (χ0) is 9.97. The van der Waals surface area contributed by atoms with Crippen LogP contribution in [0.5, 0.6) is 5.75 Å². The summed E-state index contributed by atoms with van der Waals surface area (Å²) >= 11 is 0. The van der Waals surface area contributed by atoms with Gasteiger partial charge in [-0.05, 0) is 18.2 Å². The van der Waals surface area contributed by atoms with E-state index in [1.807, 2.05) is 0 Å². The van der Waals surface area contributed by atoms with Crippen LogP contribution in [0.4, 0.5) is 4.39 Å². The standard InChI is InChI=1S/C9H7FN2O2/c1-13-8-3-2-6(4-7(8)10)9-12-11-5-14-9/h2-5H,1H3. The van der Waals surface area contributed by atoms with E-state index in [9.17, 15) is 4.39 Å². The number of benzene rings is 1. The minimum Gasteiger partial charge on any atom is -0.494 e. The molecule has 1 aromatic heterocycles. The van der Waals surface area contributed by atoms with E-state index >= 15 is 0 Å². The summed E-state index contributed by atoms with van der Waals surface area (Å²) in [7, 11) is 1.41. The molecule has 72 valence electrons. The molecular weight excluding hydrogens is 187 g/mol.